The van der Waals surface area contributed by atoms with Crippen LogP contribution in [0.25, 0.3) is 76.8 Å². The van der Waals surface area contributed by atoms with Crippen molar-refractivity contribution in [1.82, 2.24) is 0 Å². The fraction of sp³-hybridized carbons (Fsp3) is 0.312. The Morgan fingerprint density at radius 1 is 0.245 bits per heavy atom. The van der Waals surface area contributed by atoms with E-state index < -0.39 is 0 Å². The minimum absolute atomic E-state index is 0.0294. The van der Waals surface area contributed by atoms with Gasteiger partial charge in [0.1, 0.15) is 0 Å². The van der Waals surface area contributed by atoms with Crippen LogP contribution in [-0.2, 0) is 10.8 Å². The molecule has 2 aliphatic carbocycles. The second-order valence-corrected chi connectivity index (χ2v) is 29.3. The average Bonchev–Trinajstić information content (AvgIpc) is 1.40. The minimum atomic E-state index is 0.0294. The highest BCUT2D eigenvalue weighted by Crippen LogP contribution is 2.58. The zero-order valence-corrected chi connectivity index (χ0v) is 60.0. The van der Waals surface area contributed by atoms with Gasteiger partial charge in [0, 0.05) is 44.4 Å². The lowest BCUT2D eigenvalue weighted by Crippen LogP contribution is -2.25. The summed E-state index contributed by atoms with van der Waals surface area (Å²) in [6, 6.07) is 90.1. The van der Waals surface area contributed by atoms with Gasteiger partial charge in [-0.15, -0.1) is 0 Å². The molecule has 0 aromatic heterocycles. The maximum atomic E-state index is 2.60. The highest BCUT2D eigenvalue weighted by atomic mass is 15.2. The van der Waals surface area contributed by atoms with Crippen LogP contribution in [-0.4, -0.2) is 0 Å². The molecular weight excluding hydrogens is 1180 g/mol. The molecule has 12 aromatic rings. The number of benzene rings is 12. The molecule has 0 atom stereocenters. The maximum Gasteiger partial charge on any atom is 0.0546 e. The van der Waals surface area contributed by atoms with Crippen molar-refractivity contribution in [1.29, 1.82) is 0 Å². The average molecular weight is 1280 g/mol. The number of hydrogen-bond donors (Lipinski definition) is 0. The first-order valence-corrected chi connectivity index (χ1v) is 37.9. The second-order valence-electron chi connectivity index (χ2n) is 29.3. The Hall–Kier alpha value is -8.98. The molecule has 0 spiro atoms. The number of hydrogen-bond acceptors (Lipinski definition) is 2. The first-order valence-electron chi connectivity index (χ1n) is 37.9. The van der Waals surface area contributed by atoms with Gasteiger partial charge in [0.2, 0.25) is 0 Å². The van der Waals surface area contributed by atoms with Crippen LogP contribution in [0, 0.1) is 27.7 Å². The van der Waals surface area contributed by atoms with Gasteiger partial charge in [0.25, 0.3) is 0 Å². The lowest BCUT2D eigenvalue weighted by molar-refractivity contribution is 0.401. The zero-order chi connectivity index (χ0) is 67.3. The van der Waals surface area contributed by atoms with Crippen molar-refractivity contribution in [2.75, 3.05) is 9.80 Å². The summed E-state index contributed by atoms with van der Waals surface area (Å²) >= 11 is 0. The summed E-state index contributed by atoms with van der Waals surface area (Å²) in [6.07, 6.45) is 25.3. The van der Waals surface area contributed by atoms with Gasteiger partial charge in [0.15, 0.2) is 0 Å². The van der Waals surface area contributed by atoms with Crippen LogP contribution in [0.15, 0.2) is 231 Å². The zero-order valence-electron chi connectivity index (χ0n) is 60.0. The Morgan fingerprint density at radius 3 is 0.929 bits per heavy atom. The number of anilines is 6. The molecule has 2 aliphatic rings. The predicted molar refractivity (Wildman–Crippen MR) is 426 cm³/mol. The smallest absolute Gasteiger partial charge is 0.0546 e. The Balaban J connectivity index is 0.872. The summed E-state index contributed by atoms with van der Waals surface area (Å²) in [5.41, 5.74) is 29.1. The van der Waals surface area contributed by atoms with Crippen LogP contribution < -0.4 is 9.80 Å². The Morgan fingerprint density at radius 2 is 0.571 bits per heavy atom. The number of unbranched alkanes of at least 4 members (excludes halogenated alkanes) is 12. The van der Waals surface area contributed by atoms with E-state index in [1.807, 2.05) is 0 Å². The van der Waals surface area contributed by atoms with E-state index in [2.05, 4.69) is 296 Å². The Labute approximate surface area is 586 Å². The molecule has 0 saturated heterocycles. The molecule has 0 unspecified atom stereocenters. The highest BCUT2D eigenvalue weighted by molar-refractivity contribution is 6.24. The molecule has 496 valence electrons. The number of aryl methyl sites for hydroxylation is 4. The first kappa shape index (κ1) is 66.3. The topological polar surface area (TPSA) is 6.48 Å². The first-order chi connectivity index (χ1) is 48.1. The van der Waals surface area contributed by atoms with Gasteiger partial charge in [-0.05, 0) is 213 Å². The van der Waals surface area contributed by atoms with Gasteiger partial charge in [-0.25, -0.2) is 0 Å². The van der Waals surface area contributed by atoms with Crippen LogP contribution >= 0.6 is 0 Å². The van der Waals surface area contributed by atoms with Gasteiger partial charge < -0.3 is 9.80 Å². The summed E-state index contributed by atoms with van der Waals surface area (Å²) in [5, 5.41) is 7.35. The standard InChI is InChI=1S/C96H102N2/c1-9-13-17-29-57-95(58-30-18-14-10-2)87-39-27-25-35-79(87)81-53-47-73(63-89(81)95)71-43-49-75(50-44-71)97(91-55-41-67(5)61-69(91)7)93-65-85-78-34-22-24-38-84(78)94(66-86(85)77-33-21-23-37-83(77)93)98(92-56-42-68(6)62-70(92)8)76-51-45-72(46-52-76)74-48-54-82-80-36-26-28-40-88(80)96(90(82)64-74,59-31-19-15-11-3)60-32-20-16-12-4/h21-28,33-56,61-66H,9-20,29-32,57-60H2,1-8H3. The summed E-state index contributed by atoms with van der Waals surface area (Å²) in [4.78, 5) is 5.09. The fourth-order valence-electron chi connectivity index (χ4n) is 17.8. The monoisotopic (exact) mass is 1280 g/mol. The number of nitrogens with zero attached hydrogens (tertiary/aromatic N) is 2. The van der Waals surface area contributed by atoms with Gasteiger partial charge >= 0.3 is 0 Å². The van der Waals surface area contributed by atoms with E-state index in [1.165, 1.54) is 261 Å². The van der Waals surface area contributed by atoms with Crippen molar-refractivity contribution in [2.24, 2.45) is 0 Å². The molecule has 0 fully saturated rings. The summed E-state index contributed by atoms with van der Waals surface area (Å²) in [7, 11) is 0. The third-order valence-corrected chi connectivity index (χ3v) is 22.8. The highest BCUT2D eigenvalue weighted by Gasteiger charge is 2.44. The molecule has 0 saturated carbocycles. The van der Waals surface area contributed by atoms with Crippen molar-refractivity contribution < 1.29 is 0 Å². The van der Waals surface area contributed by atoms with E-state index in [0.717, 1.165) is 11.4 Å². The molecule has 98 heavy (non-hydrogen) atoms. The van der Waals surface area contributed by atoms with Gasteiger partial charge in [-0.2, -0.15) is 0 Å². The normalized spacial score (nSPS) is 13.3. The maximum absolute atomic E-state index is 2.60. The molecule has 0 amide bonds. The Kier molecular flexibility index (Phi) is 19.8. The lowest BCUT2D eigenvalue weighted by atomic mass is 9.70. The molecule has 2 nitrogen and oxygen atoms in total. The number of rotatable bonds is 28. The molecule has 0 radical (unpaired) electrons. The summed E-state index contributed by atoms with van der Waals surface area (Å²) in [6.45, 7) is 18.3. The van der Waals surface area contributed by atoms with E-state index in [0.29, 0.717) is 0 Å². The molecule has 14 rings (SSSR count). The molecule has 0 bridgehead atoms. The third-order valence-electron chi connectivity index (χ3n) is 22.8. The largest absolute Gasteiger partial charge is 0.310 e. The van der Waals surface area contributed by atoms with Crippen molar-refractivity contribution in [3.05, 3.63) is 275 Å². The van der Waals surface area contributed by atoms with Crippen molar-refractivity contribution >= 4 is 66.4 Å². The second kappa shape index (κ2) is 29.2. The third kappa shape index (κ3) is 12.5. The van der Waals surface area contributed by atoms with E-state index in [9.17, 15) is 0 Å². The van der Waals surface area contributed by atoms with Crippen LogP contribution in [0.2, 0.25) is 0 Å². The molecule has 0 heterocycles. The molecule has 0 N–H and O–H groups in total. The van der Waals surface area contributed by atoms with Crippen LogP contribution in [0.5, 0.6) is 0 Å². The van der Waals surface area contributed by atoms with Crippen molar-refractivity contribution in [3.8, 4) is 44.5 Å². The SMILES string of the molecule is CCCCCCC1(CCCCCC)c2ccccc2-c2ccc(-c3ccc(N(c4ccc(C)cc4C)c4cc5c6ccccc6c(N(c6ccc(-c7ccc8c(c7)C(CCCCCC)(CCCCCC)c7ccccc7-8)cc6)c6ccc(C)cc6C)cc5c5ccccc45)cc3)cc21. The molecule has 2 heteroatoms. The van der Waals surface area contributed by atoms with E-state index >= 15 is 0 Å². The minimum Gasteiger partial charge on any atom is -0.310 e. The fourth-order valence-corrected chi connectivity index (χ4v) is 17.8. The van der Waals surface area contributed by atoms with Crippen LogP contribution in [0.1, 0.15) is 201 Å². The van der Waals surface area contributed by atoms with Crippen LogP contribution in [0.4, 0.5) is 34.1 Å². The lowest BCUT2D eigenvalue weighted by Gasteiger charge is -2.33. The van der Waals surface area contributed by atoms with Crippen molar-refractivity contribution in [3.63, 3.8) is 0 Å². The van der Waals surface area contributed by atoms with Gasteiger partial charge in [-0.1, -0.05) is 311 Å². The molecular formula is C96H102N2. The Bertz CT molecular complexity index is 4480. The van der Waals surface area contributed by atoms with E-state index in [4.69, 9.17) is 0 Å². The van der Waals surface area contributed by atoms with E-state index in [1.54, 1.807) is 11.1 Å². The van der Waals surface area contributed by atoms with Gasteiger partial charge in [0.05, 0.1) is 11.4 Å². The quantitative estimate of drug-likeness (QED) is 0.0356. The van der Waals surface area contributed by atoms with Crippen molar-refractivity contribution in [2.45, 2.75) is 195 Å². The van der Waals surface area contributed by atoms with E-state index in [-0.39, 0.29) is 10.8 Å². The molecule has 12 aromatic carbocycles. The van der Waals surface area contributed by atoms with Crippen LogP contribution in [0.3, 0.4) is 0 Å². The predicted octanol–water partition coefficient (Wildman–Crippen LogP) is 29.1. The molecule has 0 aliphatic heterocycles. The summed E-state index contributed by atoms with van der Waals surface area (Å²) < 4.78 is 0. The summed E-state index contributed by atoms with van der Waals surface area (Å²) in [5.74, 6) is 0. The number of fused-ring (bicyclic) bond motifs is 11. The van der Waals surface area contributed by atoms with Gasteiger partial charge in [-0.3, -0.25) is 0 Å².